The van der Waals surface area contributed by atoms with Crippen molar-refractivity contribution in [1.29, 1.82) is 0 Å². The molecule has 2 aromatic carbocycles. The van der Waals surface area contributed by atoms with Crippen LogP contribution in [0.5, 0.6) is 11.5 Å². The number of hydrogen-bond donors (Lipinski definition) is 0. The lowest BCUT2D eigenvalue weighted by molar-refractivity contribution is -0.288. The van der Waals surface area contributed by atoms with Crippen molar-refractivity contribution in [2.75, 3.05) is 25.6 Å². The van der Waals surface area contributed by atoms with Crippen LogP contribution in [0.15, 0.2) is 54.6 Å². The van der Waals surface area contributed by atoms with Crippen molar-refractivity contribution in [1.82, 2.24) is 4.31 Å². The first-order valence-electron chi connectivity index (χ1n) is 15.5. The van der Waals surface area contributed by atoms with Crippen LogP contribution in [-0.4, -0.2) is 100.0 Å². The number of para-hydroxylation sites is 3. The van der Waals surface area contributed by atoms with E-state index < -0.39 is 89.4 Å². The van der Waals surface area contributed by atoms with Gasteiger partial charge in [0.25, 0.3) is 0 Å². The van der Waals surface area contributed by atoms with Crippen molar-refractivity contribution < 1.29 is 65.0 Å². The van der Waals surface area contributed by atoms with Crippen LogP contribution in [-0.2, 0) is 58.0 Å². The molecular formula is C33H42N2O14S. The highest BCUT2D eigenvalue weighted by atomic mass is 32.2. The van der Waals surface area contributed by atoms with Crippen LogP contribution in [0.3, 0.4) is 0 Å². The Balaban J connectivity index is 1.99. The second kappa shape index (κ2) is 17.3. The van der Waals surface area contributed by atoms with E-state index >= 15 is 0 Å². The van der Waals surface area contributed by atoms with Gasteiger partial charge in [-0.1, -0.05) is 44.2 Å². The molecule has 274 valence electrons. The summed E-state index contributed by atoms with van der Waals surface area (Å²) < 4.78 is 67.0. The van der Waals surface area contributed by atoms with E-state index in [1.165, 1.54) is 43.3 Å². The Morgan fingerprint density at radius 3 is 1.80 bits per heavy atom. The quantitative estimate of drug-likeness (QED) is 0.204. The third kappa shape index (κ3) is 10.4. The third-order valence-electron chi connectivity index (χ3n) is 7.34. The molecule has 0 saturated carbocycles. The summed E-state index contributed by atoms with van der Waals surface area (Å²) in [4.78, 5) is 63.0. The molecule has 0 N–H and O–H groups in total. The molecule has 17 heteroatoms. The van der Waals surface area contributed by atoms with Crippen LogP contribution < -0.4 is 13.8 Å². The Morgan fingerprint density at radius 1 is 0.740 bits per heavy atom. The minimum Gasteiger partial charge on any atom is -0.463 e. The summed E-state index contributed by atoms with van der Waals surface area (Å²) in [6, 6.07) is 13.1. The number of esters is 4. The molecule has 1 aliphatic heterocycles. The summed E-state index contributed by atoms with van der Waals surface area (Å²) in [5.41, 5.74) is 0.554. The van der Waals surface area contributed by atoms with Crippen LogP contribution >= 0.6 is 0 Å². The summed E-state index contributed by atoms with van der Waals surface area (Å²) in [6.07, 6.45) is -7.52. The minimum atomic E-state index is -4.70. The van der Waals surface area contributed by atoms with Gasteiger partial charge in [0.1, 0.15) is 18.8 Å². The Morgan fingerprint density at radius 2 is 1.26 bits per heavy atom. The lowest BCUT2D eigenvalue weighted by atomic mass is 9.98. The number of nitrogens with zero attached hydrogens (tertiary/aromatic N) is 2. The summed E-state index contributed by atoms with van der Waals surface area (Å²) in [7, 11) is -1.96. The summed E-state index contributed by atoms with van der Waals surface area (Å²) in [5, 5.41) is 0. The predicted octanol–water partition coefficient (Wildman–Crippen LogP) is 2.39. The maximum atomic E-state index is 13.7. The van der Waals surface area contributed by atoms with Gasteiger partial charge in [-0.05, 0) is 30.2 Å². The van der Waals surface area contributed by atoms with Crippen LogP contribution in [0.1, 0.15) is 41.5 Å². The van der Waals surface area contributed by atoms with Gasteiger partial charge in [0.05, 0.1) is 0 Å². The average Bonchev–Trinajstić information content (AvgIpc) is 3.02. The normalized spacial score (nSPS) is 21.0. The van der Waals surface area contributed by atoms with Crippen molar-refractivity contribution in [3.8, 4) is 11.5 Å². The van der Waals surface area contributed by atoms with Crippen LogP contribution in [0.4, 0.5) is 5.69 Å². The Bertz CT molecular complexity index is 1630. The number of carbonyl (C=O) groups excluding carboxylic acids is 5. The van der Waals surface area contributed by atoms with Crippen molar-refractivity contribution in [3.63, 3.8) is 0 Å². The highest BCUT2D eigenvalue weighted by molar-refractivity contribution is 7.84. The first-order chi connectivity index (χ1) is 23.4. The first-order valence-corrected chi connectivity index (χ1v) is 16.9. The molecule has 3 rings (SSSR count). The highest BCUT2D eigenvalue weighted by Crippen LogP contribution is 2.35. The monoisotopic (exact) mass is 722 g/mol. The largest absolute Gasteiger partial charge is 0.463 e. The number of rotatable bonds is 14. The smallest absolute Gasteiger partial charge is 0.385 e. The predicted molar refractivity (Wildman–Crippen MR) is 175 cm³/mol. The SMILES string of the molecule is CC(=O)OC[C@H]1O[C@@H](Oc2ccccc2OS(=O)(=O)N(C)[C@H](C(=O)N(C)c2ccccc2)C(C)C)[C@H](OC(C)=O)[C@@H](OC(C)=O)[C@H]1OC(C)=O. The van der Waals surface area contributed by atoms with Gasteiger partial charge >= 0.3 is 34.2 Å². The number of amides is 1. The van der Waals surface area contributed by atoms with Crippen LogP contribution in [0.2, 0.25) is 0 Å². The second-order valence-corrected chi connectivity index (χ2v) is 13.2. The van der Waals surface area contributed by atoms with E-state index in [4.69, 9.17) is 32.6 Å². The molecule has 16 nitrogen and oxygen atoms in total. The van der Waals surface area contributed by atoms with Crippen LogP contribution in [0, 0.1) is 5.92 Å². The topological polar surface area (TPSA) is 191 Å². The standard InChI is InChI=1S/C33H42N2O14S/c1-19(2)28(32(40)34(7)24-14-10-9-11-15-24)35(8)50(41,42)49-26-17-13-12-16-25(26)47-33-31(46-23(6)39)30(45-22(5)38)29(44-21(4)37)27(48-33)18-43-20(3)36/h9-17,19,27-31,33H,18H2,1-8H3/t27-,28+,29+,30+,31-,33-/m1/s1. The lowest BCUT2D eigenvalue weighted by Gasteiger charge is -2.44. The lowest BCUT2D eigenvalue weighted by Crippen LogP contribution is -2.63. The van der Waals surface area contributed by atoms with E-state index in [2.05, 4.69) is 0 Å². The number of benzene rings is 2. The van der Waals surface area contributed by atoms with Gasteiger partial charge in [0.2, 0.25) is 18.3 Å². The van der Waals surface area contributed by atoms with Gasteiger partial charge in [-0.25, -0.2) is 0 Å². The third-order valence-corrected chi connectivity index (χ3v) is 8.66. The van der Waals surface area contributed by atoms with Crippen molar-refractivity contribution in [2.45, 2.75) is 78.3 Å². The van der Waals surface area contributed by atoms with Gasteiger partial charge in [-0.2, -0.15) is 12.7 Å². The molecule has 2 aromatic rings. The number of likely N-dealkylation sites (N-methyl/N-ethyl adjacent to an activating group) is 2. The molecule has 1 aliphatic rings. The fourth-order valence-electron chi connectivity index (χ4n) is 5.17. The molecule has 1 saturated heterocycles. The molecule has 6 atom stereocenters. The number of hydrogen-bond acceptors (Lipinski definition) is 14. The van der Waals surface area contributed by atoms with E-state index in [-0.39, 0.29) is 11.5 Å². The van der Waals surface area contributed by atoms with Gasteiger partial charge < -0.3 is 37.5 Å². The zero-order chi connectivity index (χ0) is 37.3. The number of anilines is 1. The van der Waals surface area contributed by atoms with E-state index in [1.54, 1.807) is 44.2 Å². The first kappa shape index (κ1) is 39.7. The molecule has 1 amide bonds. The Hall–Kier alpha value is -4.74. The molecule has 1 fully saturated rings. The summed E-state index contributed by atoms with van der Waals surface area (Å²) in [5.74, 6) is -4.81. The van der Waals surface area contributed by atoms with Crippen molar-refractivity contribution in [3.05, 3.63) is 54.6 Å². The molecule has 0 spiro atoms. The van der Waals surface area contributed by atoms with E-state index in [9.17, 15) is 32.4 Å². The van der Waals surface area contributed by atoms with E-state index in [0.29, 0.717) is 5.69 Å². The maximum Gasteiger partial charge on any atom is 0.385 e. The fraction of sp³-hybridized carbons (Fsp3) is 0.485. The highest BCUT2D eigenvalue weighted by Gasteiger charge is 2.53. The van der Waals surface area contributed by atoms with Crippen molar-refractivity contribution in [2.24, 2.45) is 5.92 Å². The van der Waals surface area contributed by atoms with Gasteiger partial charge in [-0.15, -0.1) is 0 Å². The average molecular weight is 723 g/mol. The molecule has 0 aromatic heterocycles. The second-order valence-electron chi connectivity index (χ2n) is 11.6. The molecule has 0 aliphatic carbocycles. The number of carbonyl (C=O) groups is 5. The molecule has 0 unspecified atom stereocenters. The zero-order valence-electron chi connectivity index (χ0n) is 29.0. The Labute approximate surface area is 290 Å². The van der Waals surface area contributed by atoms with Gasteiger partial charge in [0, 0.05) is 47.5 Å². The number of ether oxygens (including phenoxy) is 6. The zero-order valence-corrected chi connectivity index (χ0v) is 29.8. The maximum absolute atomic E-state index is 13.7. The van der Waals surface area contributed by atoms with Crippen LogP contribution in [0.25, 0.3) is 0 Å². The van der Waals surface area contributed by atoms with Gasteiger partial charge in [0.15, 0.2) is 23.7 Å². The molecule has 50 heavy (non-hydrogen) atoms. The Kier molecular flexibility index (Phi) is 13.7. The summed E-state index contributed by atoms with van der Waals surface area (Å²) in [6.45, 7) is 7.22. The molecule has 1 heterocycles. The molecule has 0 bridgehead atoms. The van der Waals surface area contributed by atoms with Gasteiger partial charge in [-0.3, -0.25) is 24.0 Å². The minimum absolute atomic E-state index is 0.237. The molecule has 0 radical (unpaired) electrons. The van der Waals surface area contributed by atoms with E-state index in [0.717, 1.165) is 32.0 Å². The molecular weight excluding hydrogens is 680 g/mol. The van der Waals surface area contributed by atoms with Crippen molar-refractivity contribution >= 4 is 45.8 Å². The summed E-state index contributed by atoms with van der Waals surface area (Å²) >= 11 is 0. The van der Waals surface area contributed by atoms with E-state index in [1.807, 2.05) is 0 Å². The fourth-order valence-corrected chi connectivity index (χ4v) is 6.27.